The van der Waals surface area contributed by atoms with Crippen molar-refractivity contribution < 1.29 is 14.1 Å². The summed E-state index contributed by atoms with van der Waals surface area (Å²) < 4.78 is 6.52. The molecule has 0 aliphatic heterocycles. The van der Waals surface area contributed by atoms with Gasteiger partial charge in [-0.25, -0.2) is 0 Å². The molecular formula is C29H23ClN8O3. The molecule has 2 N–H and O–H groups in total. The van der Waals surface area contributed by atoms with Gasteiger partial charge in [-0.05, 0) is 71.0 Å². The molecule has 12 heteroatoms. The minimum absolute atomic E-state index is 0.189. The van der Waals surface area contributed by atoms with E-state index in [2.05, 4.69) is 36.3 Å². The van der Waals surface area contributed by atoms with Crippen molar-refractivity contribution in [1.29, 1.82) is 0 Å². The van der Waals surface area contributed by atoms with Crippen LogP contribution in [0.15, 0.2) is 89.7 Å². The molecule has 2 aromatic heterocycles. The quantitative estimate of drug-likeness (QED) is 0.264. The predicted molar refractivity (Wildman–Crippen MR) is 151 cm³/mol. The number of rotatable bonds is 8. The average Bonchev–Trinajstić information content (AvgIpc) is 3.27. The molecule has 1 unspecified atom stereocenters. The van der Waals surface area contributed by atoms with Gasteiger partial charge in [0.25, 0.3) is 5.91 Å². The fourth-order valence-electron chi connectivity index (χ4n) is 4.72. The van der Waals surface area contributed by atoms with Gasteiger partial charge in [0.15, 0.2) is 0 Å². The van der Waals surface area contributed by atoms with Gasteiger partial charge in [0.1, 0.15) is 11.9 Å². The van der Waals surface area contributed by atoms with E-state index in [9.17, 15) is 9.59 Å². The smallest absolute Gasteiger partial charge is 0.250 e. The lowest BCUT2D eigenvalue weighted by atomic mass is 10.0. The molecule has 0 saturated heterocycles. The fourth-order valence-corrected chi connectivity index (χ4v) is 4.91. The third-order valence-corrected chi connectivity index (χ3v) is 7.08. The molecule has 6 rings (SSSR count). The van der Waals surface area contributed by atoms with Gasteiger partial charge in [-0.2, -0.15) is 9.67 Å². The van der Waals surface area contributed by atoms with Crippen LogP contribution in [0, 0.1) is 6.92 Å². The Balaban J connectivity index is 1.22. The molecule has 0 radical (unpaired) electrons. The Morgan fingerprint density at radius 1 is 1.10 bits per heavy atom. The largest absolute Gasteiger partial charge is 0.339 e. The van der Waals surface area contributed by atoms with E-state index in [0.29, 0.717) is 40.1 Å². The highest BCUT2D eigenvalue weighted by Crippen LogP contribution is 2.52. The minimum atomic E-state index is -1.13. The van der Waals surface area contributed by atoms with E-state index < -0.39 is 11.4 Å². The highest BCUT2D eigenvalue weighted by atomic mass is 35.5. The topological polar surface area (TPSA) is 141 Å². The van der Waals surface area contributed by atoms with Gasteiger partial charge in [-0.1, -0.05) is 47.1 Å². The summed E-state index contributed by atoms with van der Waals surface area (Å²) in [6, 6.07) is 21.9. The summed E-state index contributed by atoms with van der Waals surface area (Å²) in [6.07, 6.45) is 4.89. The van der Waals surface area contributed by atoms with Crippen LogP contribution in [0.1, 0.15) is 29.4 Å². The SMILES string of the molecule is Cc1nc(-c2ccc(NC(=O)C3(NC(=O)/C=C/c4cc(Cl)ccc4-n4cnnn4)C[C@H]3c3ccccc3)cc2)no1. The number of carbonyl (C=O) groups is 2. The van der Waals surface area contributed by atoms with Crippen LogP contribution in [0.25, 0.3) is 23.2 Å². The second-order valence-corrected chi connectivity index (χ2v) is 10.0. The van der Waals surface area contributed by atoms with E-state index in [-0.39, 0.29) is 11.8 Å². The van der Waals surface area contributed by atoms with Crippen LogP contribution < -0.4 is 10.6 Å². The number of aryl methyl sites for hydroxylation is 1. The number of anilines is 1. The van der Waals surface area contributed by atoms with Crippen molar-refractivity contribution >= 4 is 35.2 Å². The van der Waals surface area contributed by atoms with Crippen molar-refractivity contribution in [2.75, 3.05) is 5.32 Å². The molecule has 1 aliphatic rings. The Hall–Kier alpha value is -5.16. The monoisotopic (exact) mass is 566 g/mol. The molecule has 0 bridgehead atoms. The standard InChI is InChI=1S/C29H23ClN8O3/c1-18-32-27(35-41-18)20-7-11-23(12-8-20)33-28(40)29(16-24(29)19-5-3-2-4-6-19)34-26(39)14-9-21-15-22(30)10-13-25(21)38-17-31-36-37-38/h2-15,17,24H,16H2,1H3,(H,33,40)(H,34,39)/b14-9+/t24-,29?/m0/s1. The molecule has 204 valence electrons. The maximum Gasteiger partial charge on any atom is 0.250 e. The molecule has 1 fully saturated rings. The summed E-state index contributed by atoms with van der Waals surface area (Å²) in [5.74, 6) is -0.0000131. The first-order valence-electron chi connectivity index (χ1n) is 12.7. The first-order chi connectivity index (χ1) is 19.9. The Morgan fingerprint density at radius 2 is 1.90 bits per heavy atom. The first-order valence-corrected chi connectivity index (χ1v) is 13.1. The number of halogens is 1. The first kappa shape index (κ1) is 26.1. The number of hydrogen-bond acceptors (Lipinski definition) is 8. The lowest BCUT2D eigenvalue weighted by Crippen LogP contribution is -2.47. The van der Waals surface area contributed by atoms with Crippen LogP contribution in [0.3, 0.4) is 0 Å². The third kappa shape index (κ3) is 5.48. The number of hydrogen-bond donors (Lipinski definition) is 2. The highest BCUT2D eigenvalue weighted by Gasteiger charge is 2.61. The molecular weight excluding hydrogens is 544 g/mol. The fraction of sp³-hybridized carbons (Fsp3) is 0.138. The zero-order valence-electron chi connectivity index (χ0n) is 21.7. The van der Waals surface area contributed by atoms with E-state index in [1.165, 1.54) is 17.1 Å². The molecule has 1 saturated carbocycles. The van der Waals surface area contributed by atoms with Crippen LogP contribution in [0.2, 0.25) is 5.02 Å². The molecule has 2 atom stereocenters. The lowest BCUT2D eigenvalue weighted by Gasteiger charge is -2.19. The molecule has 2 heterocycles. The average molecular weight is 567 g/mol. The van der Waals surface area contributed by atoms with Crippen molar-refractivity contribution in [2.24, 2.45) is 0 Å². The summed E-state index contributed by atoms with van der Waals surface area (Å²) in [5.41, 5.74) is 2.44. The molecule has 2 amide bonds. The number of nitrogens with zero attached hydrogens (tertiary/aromatic N) is 6. The number of tetrazole rings is 1. The second-order valence-electron chi connectivity index (χ2n) is 9.59. The summed E-state index contributed by atoms with van der Waals surface area (Å²) in [6.45, 7) is 1.72. The summed E-state index contributed by atoms with van der Waals surface area (Å²) >= 11 is 6.20. The number of amides is 2. The van der Waals surface area contributed by atoms with Gasteiger partial charge in [0.05, 0.1) is 5.69 Å². The maximum atomic E-state index is 13.7. The maximum absolute atomic E-state index is 13.7. The highest BCUT2D eigenvalue weighted by molar-refractivity contribution is 6.30. The van der Waals surface area contributed by atoms with Crippen molar-refractivity contribution in [1.82, 2.24) is 35.7 Å². The minimum Gasteiger partial charge on any atom is -0.339 e. The van der Waals surface area contributed by atoms with E-state index in [1.54, 1.807) is 55.5 Å². The van der Waals surface area contributed by atoms with Crippen LogP contribution in [-0.4, -0.2) is 47.7 Å². The van der Waals surface area contributed by atoms with Gasteiger partial charge in [-0.15, -0.1) is 5.10 Å². The van der Waals surface area contributed by atoms with Crippen LogP contribution >= 0.6 is 11.6 Å². The van der Waals surface area contributed by atoms with Gasteiger partial charge in [-0.3, -0.25) is 9.59 Å². The summed E-state index contributed by atoms with van der Waals surface area (Å²) in [4.78, 5) is 31.1. The van der Waals surface area contributed by atoms with Gasteiger partial charge in [0.2, 0.25) is 17.6 Å². The zero-order chi connectivity index (χ0) is 28.4. The van der Waals surface area contributed by atoms with Crippen LogP contribution in [-0.2, 0) is 9.59 Å². The number of benzene rings is 3. The van der Waals surface area contributed by atoms with E-state index in [4.69, 9.17) is 16.1 Å². The Morgan fingerprint density at radius 3 is 2.61 bits per heavy atom. The van der Waals surface area contributed by atoms with Crippen LogP contribution in [0.4, 0.5) is 5.69 Å². The normalized spacial score (nSPS) is 17.9. The summed E-state index contributed by atoms with van der Waals surface area (Å²) in [7, 11) is 0. The Bertz CT molecular complexity index is 1740. The molecule has 5 aromatic rings. The van der Waals surface area contributed by atoms with Gasteiger partial charge >= 0.3 is 0 Å². The molecule has 1 aliphatic carbocycles. The Kier molecular flexibility index (Phi) is 6.86. The van der Waals surface area contributed by atoms with E-state index in [0.717, 1.165) is 11.1 Å². The van der Waals surface area contributed by atoms with Gasteiger partial charge < -0.3 is 15.2 Å². The number of nitrogens with one attached hydrogen (secondary N) is 2. The van der Waals surface area contributed by atoms with Crippen molar-refractivity contribution in [3.8, 4) is 17.1 Å². The molecule has 41 heavy (non-hydrogen) atoms. The van der Waals surface area contributed by atoms with E-state index in [1.807, 2.05) is 30.3 Å². The lowest BCUT2D eigenvalue weighted by molar-refractivity contribution is -0.124. The van der Waals surface area contributed by atoms with E-state index >= 15 is 0 Å². The predicted octanol–water partition coefficient (Wildman–Crippen LogP) is 4.37. The molecule has 3 aromatic carbocycles. The second kappa shape index (κ2) is 10.8. The molecule has 11 nitrogen and oxygen atoms in total. The van der Waals surface area contributed by atoms with Crippen LogP contribution in [0.5, 0.6) is 0 Å². The van der Waals surface area contributed by atoms with Crippen molar-refractivity contribution in [3.05, 3.63) is 107 Å². The number of carbonyl (C=O) groups excluding carboxylic acids is 2. The summed E-state index contributed by atoms with van der Waals surface area (Å²) in [5, 5.41) is 21.6. The Labute approximate surface area is 239 Å². The number of aromatic nitrogens is 6. The van der Waals surface area contributed by atoms with Crippen molar-refractivity contribution in [2.45, 2.75) is 24.8 Å². The third-order valence-electron chi connectivity index (χ3n) is 6.84. The van der Waals surface area contributed by atoms with Gasteiger partial charge in [0, 0.05) is 40.8 Å². The zero-order valence-corrected chi connectivity index (χ0v) is 22.5. The van der Waals surface area contributed by atoms with Crippen molar-refractivity contribution in [3.63, 3.8) is 0 Å². The molecule has 0 spiro atoms.